The Morgan fingerprint density at radius 2 is 1.61 bits per heavy atom. The molecule has 0 amide bonds. The van der Waals surface area contributed by atoms with Gasteiger partial charge in [0.2, 0.25) is 0 Å². The molecule has 2 aromatic carbocycles. The molecule has 2 N–H and O–H groups in total. The third-order valence-electron chi connectivity index (χ3n) is 2.30. The van der Waals surface area contributed by atoms with Crippen molar-refractivity contribution < 1.29 is 19.4 Å². The van der Waals surface area contributed by atoms with E-state index in [1.807, 2.05) is 30.3 Å². The zero-order valence-corrected chi connectivity index (χ0v) is 9.69. The topological polar surface area (TPSA) is 58.9 Å². The highest BCUT2D eigenvalue weighted by Gasteiger charge is 2.11. The molecule has 0 aliphatic carbocycles. The minimum absolute atomic E-state index is 0.343. The molecule has 0 aliphatic rings. The fourth-order valence-corrected chi connectivity index (χ4v) is 1.50. The fourth-order valence-electron chi connectivity index (χ4n) is 1.50. The Morgan fingerprint density at radius 1 is 0.889 bits per heavy atom. The summed E-state index contributed by atoms with van der Waals surface area (Å²) in [6.07, 6.45) is 0. The van der Waals surface area contributed by atoms with Crippen molar-refractivity contribution in [1.29, 1.82) is 0 Å². The van der Waals surface area contributed by atoms with Gasteiger partial charge < -0.3 is 19.4 Å². The number of hydrogen-bond acceptors (Lipinski definition) is 4. The number of rotatable bonds is 5. The maximum absolute atomic E-state index is 8.70. The van der Waals surface area contributed by atoms with Gasteiger partial charge in [-0.1, -0.05) is 36.4 Å². The third-order valence-corrected chi connectivity index (χ3v) is 2.30. The van der Waals surface area contributed by atoms with Crippen molar-refractivity contribution >= 4 is 7.32 Å². The largest absolute Gasteiger partial charge is 0.707 e. The normalized spacial score (nSPS) is 9.89. The van der Waals surface area contributed by atoms with Crippen molar-refractivity contribution in [2.45, 2.75) is 6.61 Å². The van der Waals surface area contributed by atoms with Crippen LogP contribution in [0, 0.1) is 0 Å². The summed E-state index contributed by atoms with van der Waals surface area (Å²) in [5, 5.41) is 17.4. The van der Waals surface area contributed by atoms with Gasteiger partial charge >= 0.3 is 7.32 Å². The summed E-state index contributed by atoms with van der Waals surface area (Å²) in [6.45, 7) is 0.450. The number of benzene rings is 2. The van der Waals surface area contributed by atoms with Gasteiger partial charge in [-0.15, -0.1) is 0 Å². The van der Waals surface area contributed by atoms with Crippen LogP contribution in [0.2, 0.25) is 0 Å². The quantitative estimate of drug-likeness (QED) is 0.784. The van der Waals surface area contributed by atoms with Crippen LogP contribution in [0.25, 0.3) is 0 Å². The Hall–Kier alpha value is -1.98. The van der Waals surface area contributed by atoms with Crippen molar-refractivity contribution in [1.82, 2.24) is 0 Å². The van der Waals surface area contributed by atoms with E-state index in [1.54, 1.807) is 24.3 Å². The van der Waals surface area contributed by atoms with Crippen LogP contribution in [0.4, 0.5) is 0 Å². The highest BCUT2D eigenvalue weighted by molar-refractivity contribution is 6.33. The van der Waals surface area contributed by atoms with Gasteiger partial charge in [0, 0.05) is 6.07 Å². The second kappa shape index (κ2) is 6.09. The maximum Gasteiger partial charge on any atom is 0.707 e. The molecule has 2 rings (SSSR count). The summed E-state index contributed by atoms with van der Waals surface area (Å²) in [7, 11) is -1.82. The van der Waals surface area contributed by atoms with E-state index in [0.717, 1.165) is 5.56 Å². The van der Waals surface area contributed by atoms with Gasteiger partial charge in [0.15, 0.2) is 0 Å². The Kier molecular flexibility index (Phi) is 4.22. The Labute approximate surface area is 106 Å². The molecule has 0 saturated heterocycles. The van der Waals surface area contributed by atoms with E-state index in [4.69, 9.17) is 19.4 Å². The number of hydrogen-bond donors (Lipinski definition) is 2. The van der Waals surface area contributed by atoms with Crippen molar-refractivity contribution in [3.8, 4) is 11.5 Å². The molecule has 0 heterocycles. The van der Waals surface area contributed by atoms with Gasteiger partial charge in [0.1, 0.15) is 18.1 Å². The van der Waals surface area contributed by atoms with Gasteiger partial charge in [0.25, 0.3) is 0 Å². The van der Waals surface area contributed by atoms with Gasteiger partial charge in [-0.05, 0) is 17.7 Å². The van der Waals surface area contributed by atoms with Crippen LogP contribution in [0.5, 0.6) is 11.5 Å². The van der Waals surface area contributed by atoms with Crippen molar-refractivity contribution in [2.24, 2.45) is 0 Å². The first-order valence-electron chi connectivity index (χ1n) is 5.53. The molecule has 0 aromatic heterocycles. The zero-order valence-electron chi connectivity index (χ0n) is 9.69. The van der Waals surface area contributed by atoms with Gasteiger partial charge in [-0.3, -0.25) is 0 Å². The van der Waals surface area contributed by atoms with Crippen LogP contribution < -0.4 is 9.39 Å². The highest BCUT2D eigenvalue weighted by atomic mass is 16.6. The van der Waals surface area contributed by atoms with E-state index >= 15 is 0 Å². The number of ether oxygens (including phenoxy) is 1. The summed E-state index contributed by atoms with van der Waals surface area (Å²) < 4.78 is 10.3. The highest BCUT2D eigenvalue weighted by Crippen LogP contribution is 2.20. The molecular weight excluding hydrogens is 231 g/mol. The van der Waals surface area contributed by atoms with E-state index in [9.17, 15) is 0 Å². The average Bonchev–Trinajstić information content (AvgIpc) is 2.37. The van der Waals surface area contributed by atoms with E-state index in [0.29, 0.717) is 18.1 Å². The molecule has 4 nitrogen and oxygen atoms in total. The van der Waals surface area contributed by atoms with E-state index in [2.05, 4.69) is 0 Å². The third kappa shape index (κ3) is 3.80. The van der Waals surface area contributed by atoms with Crippen LogP contribution in [-0.2, 0) is 6.61 Å². The summed E-state index contributed by atoms with van der Waals surface area (Å²) in [4.78, 5) is 0. The van der Waals surface area contributed by atoms with E-state index in [1.165, 1.54) is 0 Å². The SMILES string of the molecule is OB(O)Oc1cccc(OCc2ccccc2)c1. The molecule has 5 heteroatoms. The standard InChI is InChI=1S/C13H13BO4/c15-14(16)18-13-8-4-7-12(9-13)17-10-11-5-2-1-3-6-11/h1-9,15-16H,10H2. The molecular formula is C13H13BO4. The molecule has 18 heavy (non-hydrogen) atoms. The molecule has 0 fully saturated rings. The van der Waals surface area contributed by atoms with Crippen LogP contribution in [0.3, 0.4) is 0 Å². The molecule has 92 valence electrons. The van der Waals surface area contributed by atoms with Crippen molar-refractivity contribution in [2.75, 3.05) is 0 Å². The lowest BCUT2D eigenvalue weighted by atomic mass is 10.2. The smallest absolute Gasteiger partial charge is 0.512 e. The summed E-state index contributed by atoms with van der Waals surface area (Å²) in [6, 6.07) is 16.5. The molecule has 0 unspecified atom stereocenters. The molecule has 0 bridgehead atoms. The zero-order chi connectivity index (χ0) is 12.8. The predicted octanol–water partition coefficient (Wildman–Crippen LogP) is 1.61. The lowest BCUT2D eigenvalue weighted by Crippen LogP contribution is -2.20. The van der Waals surface area contributed by atoms with Gasteiger partial charge in [0.05, 0.1) is 0 Å². The van der Waals surface area contributed by atoms with Crippen LogP contribution in [-0.4, -0.2) is 17.4 Å². The lowest BCUT2D eigenvalue weighted by Gasteiger charge is -2.09. The monoisotopic (exact) mass is 244 g/mol. The van der Waals surface area contributed by atoms with Crippen LogP contribution in [0.1, 0.15) is 5.56 Å². The Bertz CT molecular complexity index is 487. The second-order valence-electron chi connectivity index (χ2n) is 3.69. The molecule has 0 spiro atoms. The van der Waals surface area contributed by atoms with Crippen molar-refractivity contribution in [3.05, 3.63) is 60.2 Å². The lowest BCUT2D eigenvalue weighted by molar-refractivity contribution is 0.284. The molecule has 0 radical (unpaired) electrons. The molecule has 0 saturated carbocycles. The summed E-state index contributed by atoms with van der Waals surface area (Å²) >= 11 is 0. The first-order valence-corrected chi connectivity index (χ1v) is 5.53. The van der Waals surface area contributed by atoms with Crippen LogP contribution >= 0.6 is 0 Å². The maximum atomic E-state index is 8.70. The Morgan fingerprint density at radius 3 is 2.33 bits per heavy atom. The minimum atomic E-state index is -1.82. The molecule has 0 aliphatic heterocycles. The fraction of sp³-hybridized carbons (Fsp3) is 0.0769. The second-order valence-corrected chi connectivity index (χ2v) is 3.69. The van der Waals surface area contributed by atoms with E-state index < -0.39 is 7.32 Å². The van der Waals surface area contributed by atoms with E-state index in [-0.39, 0.29) is 0 Å². The minimum Gasteiger partial charge on any atom is -0.512 e. The first kappa shape index (κ1) is 12.5. The van der Waals surface area contributed by atoms with Crippen molar-refractivity contribution in [3.63, 3.8) is 0 Å². The van der Waals surface area contributed by atoms with Gasteiger partial charge in [-0.2, -0.15) is 0 Å². The van der Waals surface area contributed by atoms with Gasteiger partial charge in [-0.25, -0.2) is 0 Å². The van der Waals surface area contributed by atoms with Crippen LogP contribution in [0.15, 0.2) is 54.6 Å². The Balaban J connectivity index is 1.97. The first-order chi connectivity index (χ1) is 8.74. The summed E-state index contributed by atoms with van der Waals surface area (Å²) in [5.74, 6) is 0.951. The summed E-state index contributed by atoms with van der Waals surface area (Å²) in [5.41, 5.74) is 1.06. The average molecular weight is 244 g/mol. The predicted molar refractivity (Wildman–Crippen MR) is 68.0 cm³/mol. The molecule has 0 atom stereocenters. The molecule has 2 aromatic rings.